The van der Waals surface area contributed by atoms with Gasteiger partial charge in [0.25, 0.3) is 5.91 Å². The summed E-state index contributed by atoms with van der Waals surface area (Å²) in [7, 11) is 0. The van der Waals surface area contributed by atoms with Gasteiger partial charge in [-0.3, -0.25) is 14.4 Å². The van der Waals surface area contributed by atoms with Crippen molar-refractivity contribution in [2.24, 2.45) is 5.92 Å². The highest BCUT2D eigenvalue weighted by Gasteiger charge is 2.39. The van der Waals surface area contributed by atoms with E-state index in [1.165, 1.54) is 12.8 Å². The number of fused-ring (bicyclic) bond motifs is 2. The van der Waals surface area contributed by atoms with Crippen LogP contribution in [0.25, 0.3) is 0 Å². The zero-order chi connectivity index (χ0) is 23.9. The molecule has 0 aromatic heterocycles. The molecule has 0 bridgehead atoms. The van der Waals surface area contributed by atoms with Crippen LogP contribution in [0.15, 0.2) is 52.3 Å². The second kappa shape index (κ2) is 9.34. The quantitative estimate of drug-likeness (QED) is 0.618. The molecule has 1 N–H and O–H groups in total. The molecular formula is C28H31N3O3S. The third-order valence-corrected chi connectivity index (χ3v) is 9.15. The van der Waals surface area contributed by atoms with Gasteiger partial charge < -0.3 is 15.1 Å². The van der Waals surface area contributed by atoms with Crippen molar-refractivity contribution < 1.29 is 14.4 Å². The number of hydrogen-bond acceptors (Lipinski definition) is 4. The Morgan fingerprint density at radius 1 is 0.886 bits per heavy atom. The Kier molecular flexibility index (Phi) is 6.04. The Labute approximate surface area is 210 Å². The van der Waals surface area contributed by atoms with Gasteiger partial charge in [-0.1, -0.05) is 49.6 Å². The minimum absolute atomic E-state index is 0.0620. The first kappa shape index (κ1) is 22.7. The van der Waals surface area contributed by atoms with Gasteiger partial charge in [-0.25, -0.2) is 0 Å². The molecule has 2 aromatic rings. The van der Waals surface area contributed by atoms with Gasteiger partial charge in [0, 0.05) is 40.5 Å². The van der Waals surface area contributed by atoms with Gasteiger partial charge in [0.05, 0.1) is 17.2 Å². The maximum absolute atomic E-state index is 13.6. The summed E-state index contributed by atoms with van der Waals surface area (Å²) in [4.78, 5) is 45.1. The Morgan fingerprint density at radius 2 is 1.60 bits per heavy atom. The maximum Gasteiger partial charge on any atom is 0.259 e. The number of hydrogen-bond donors (Lipinski definition) is 1. The minimum Gasteiger partial charge on any atom is -0.339 e. The van der Waals surface area contributed by atoms with Crippen molar-refractivity contribution in [2.75, 3.05) is 16.8 Å². The van der Waals surface area contributed by atoms with E-state index in [4.69, 9.17) is 0 Å². The average Bonchev–Trinajstić information content (AvgIpc) is 3.62. The molecule has 182 valence electrons. The summed E-state index contributed by atoms with van der Waals surface area (Å²) in [5.41, 5.74) is 2.37. The summed E-state index contributed by atoms with van der Waals surface area (Å²) in [6, 6.07) is 14.2. The molecule has 3 fully saturated rings. The summed E-state index contributed by atoms with van der Waals surface area (Å²) in [5, 5.41) is 3.07. The van der Waals surface area contributed by atoms with Crippen molar-refractivity contribution in [3.63, 3.8) is 0 Å². The molecule has 2 saturated carbocycles. The van der Waals surface area contributed by atoms with Crippen molar-refractivity contribution in [3.8, 4) is 0 Å². The molecule has 1 atom stereocenters. The van der Waals surface area contributed by atoms with Crippen molar-refractivity contribution in [2.45, 2.75) is 79.7 Å². The van der Waals surface area contributed by atoms with Crippen LogP contribution in [0.3, 0.4) is 0 Å². The van der Waals surface area contributed by atoms with Gasteiger partial charge in [-0.05, 0) is 56.0 Å². The highest BCUT2D eigenvalue weighted by Crippen LogP contribution is 2.45. The summed E-state index contributed by atoms with van der Waals surface area (Å²) in [5.74, 6) is -0.239. The third kappa shape index (κ3) is 4.24. The molecule has 2 aromatic carbocycles. The van der Waals surface area contributed by atoms with Crippen LogP contribution >= 0.6 is 11.8 Å². The van der Waals surface area contributed by atoms with E-state index in [2.05, 4.69) is 5.32 Å². The molecule has 2 aliphatic heterocycles. The number of anilines is 2. The monoisotopic (exact) mass is 489 g/mol. The van der Waals surface area contributed by atoms with Gasteiger partial charge in [-0.2, -0.15) is 0 Å². The van der Waals surface area contributed by atoms with Gasteiger partial charge in [0.2, 0.25) is 11.8 Å². The second-order valence-electron chi connectivity index (χ2n) is 10.3. The number of nitrogens with zero attached hydrogens (tertiary/aromatic N) is 2. The predicted molar refractivity (Wildman–Crippen MR) is 137 cm³/mol. The molecule has 0 spiro atoms. The van der Waals surface area contributed by atoms with E-state index in [1.54, 1.807) is 11.8 Å². The van der Waals surface area contributed by atoms with Crippen LogP contribution in [0.2, 0.25) is 0 Å². The van der Waals surface area contributed by atoms with E-state index >= 15 is 0 Å². The SMILES string of the molecule is O=C(Nc1ccc2c(c1)Sc1ccccc1C(=O)N2C1CCCC1)C1CC(=O)N(C2CCCC2)C1. The van der Waals surface area contributed by atoms with Crippen molar-refractivity contribution in [1.82, 2.24) is 4.90 Å². The molecule has 1 saturated heterocycles. The lowest BCUT2D eigenvalue weighted by Crippen LogP contribution is -2.39. The lowest BCUT2D eigenvalue weighted by molar-refractivity contribution is -0.129. The summed E-state index contributed by atoms with van der Waals surface area (Å²) in [6.45, 7) is 0.520. The molecule has 1 unspecified atom stereocenters. The van der Waals surface area contributed by atoms with E-state index in [0.717, 1.165) is 59.6 Å². The molecule has 7 heteroatoms. The first-order valence-electron chi connectivity index (χ1n) is 12.9. The van der Waals surface area contributed by atoms with E-state index < -0.39 is 0 Å². The number of benzene rings is 2. The Hall–Kier alpha value is -2.80. The zero-order valence-electron chi connectivity index (χ0n) is 19.9. The van der Waals surface area contributed by atoms with E-state index in [0.29, 0.717) is 24.7 Å². The summed E-state index contributed by atoms with van der Waals surface area (Å²) < 4.78 is 0. The number of likely N-dealkylation sites (tertiary alicyclic amines) is 1. The lowest BCUT2D eigenvalue weighted by Gasteiger charge is -2.29. The Bertz CT molecular complexity index is 1170. The van der Waals surface area contributed by atoms with Gasteiger partial charge in [0.1, 0.15) is 0 Å². The highest BCUT2D eigenvalue weighted by molar-refractivity contribution is 7.99. The topological polar surface area (TPSA) is 69.7 Å². The average molecular weight is 490 g/mol. The van der Waals surface area contributed by atoms with Crippen molar-refractivity contribution in [1.29, 1.82) is 0 Å². The van der Waals surface area contributed by atoms with E-state index in [1.807, 2.05) is 52.3 Å². The van der Waals surface area contributed by atoms with E-state index in [9.17, 15) is 14.4 Å². The lowest BCUT2D eigenvalue weighted by atomic mass is 10.1. The third-order valence-electron chi connectivity index (χ3n) is 8.03. The normalized spacial score (nSPS) is 22.9. The summed E-state index contributed by atoms with van der Waals surface area (Å²) in [6.07, 6.45) is 9.06. The fraction of sp³-hybridized carbons (Fsp3) is 0.464. The molecular weight excluding hydrogens is 458 g/mol. The molecule has 2 heterocycles. The second-order valence-corrected chi connectivity index (χ2v) is 11.4. The number of carbonyl (C=O) groups excluding carboxylic acids is 3. The van der Waals surface area contributed by atoms with Crippen LogP contribution in [-0.2, 0) is 9.59 Å². The zero-order valence-corrected chi connectivity index (χ0v) is 20.7. The smallest absolute Gasteiger partial charge is 0.259 e. The predicted octanol–water partition coefficient (Wildman–Crippen LogP) is 5.47. The number of carbonyl (C=O) groups is 3. The molecule has 0 radical (unpaired) electrons. The van der Waals surface area contributed by atoms with Gasteiger partial charge >= 0.3 is 0 Å². The molecule has 35 heavy (non-hydrogen) atoms. The molecule has 4 aliphatic rings. The summed E-state index contributed by atoms with van der Waals surface area (Å²) >= 11 is 1.58. The number of rotatable bonds is 4. The van der Waals surface area contributed by atoms with Crippen LogP contribution in [0.1, 0.15) is 68.1 Å². The fourth-order valence-electron chi connectivity index (χ4n) is 6.21. The fourth-order valence-corrected chi connectivity index (χ4v) is 7.31. The van der Waals surface area contributed by atoms with Crippen LogP contribution in [0.4, 0.5) is 11.4 Å². The van der Waals surface area contributed by atoms with Crippen LogP contribution in [-0.4, -0.2) is 41.2 Å². The van der Waals surface area contributed by atoms with Crippen LogP contribution < -0.4 is 10.2 Å². The molecule has 3 amide bonds. The number of amides is 3. The minimum atomic E-state index is -0.313. The van der Waals surface area contributed by atoms with Gasteiger partial charge in [-0.15, -0.1) is 0 Å². The first-order valence-corrected chi connectivity index (χ1v) is 13.7. The van der Waals surface area contributed by atoms with Crippen molar-refractivity contribution in [3.05, 3.63) is 48.0 Å². The molecule has 6 rings (SSSR count). The Balaban J connectivity index is 1.25. The molecule has 6 nitrogen and oxygen atoms in total. The highest BCUT2D eigenvalue weighted by atomic mass is 32.2. The largest absolute Gasteiger partial charge is 0.339 e. The number of nitrogens with one attached hydrogen (secondary N) is 1. The molecule has 2 aliphatic carbocycles. The van der Waals surface area contributed by atoms with Crippen LogP contribution in [0.5, 0.6) is 0 Å². The Morgan fingerprint density at radius 3 is 2.37 bits per heavy atom. The van der Waals surface area contributed by atoms with Crippen LogP contribution in [0, 0.1) is 5.92 Å². The van der Waals surface area contributed by atoms with Crippen molar-refractivity contribution >= 4 is 40.9 Å². The standard InChI is InChI=1S/C28H31N3O3S/c32-26-15-18(17-30(26)20-7-1-2-8-20)27(33)29-19-13-14-23-25(16-19)35-24-12-6-5-11-22(24)28(34)31(23)21-9-3-4-10-21/h5-6,11-14,16,18,20-21H,1-4,7-10,15,17H2,(H,29,33). The first-order chi connectivity index (χ1) is 17.1. The van der Waals surface area contributed by atoms with E-state index in [-0.39, 0.29) is 29.7 Å². The maximum atomic E-state index is 13.6. The van der Waals surface area contributed by atoms with Gasteiger partial charge in [0.15, 0.2) is 0 Å².